The second-order valence-electron chi connectivity index (χ2n) is 4.28. The van der Waals surface area contributed by atoms with Crippen LogP contribution in [0.3, 0.4) is 0 Å². The fraction of sp³-hybridized carbons (Fsp3) is 0.250. The lowest BCUT2D eigenvalue weighted by Crippen LogP contribution is -2.26. The molecule has 0 unspecified atom stereocenters. The third-order valence-electron chi connectivity index (χ3n) is 2.66. The Bertz CT molecular complexity index is 752. The van der Waals surface area contributed by atoms with Crippen LogP contribution < -0.4 is 11.4 Å². The van der Waals surface area contributed by atoms with E-state index in [2.05, 4.69) is 25.8 Å². The molecule has 2 aromatic heterocycles. The molecule has 0 saturated carbocycles. The highest BCUT2D eigenvalue weighted by atomic mass is 79.9. The monoisotopic (exact) mass is 390 g/mol. The van der Waals surface area contributed by atoms with Gasteiger partial charge in [-0.15, -0.1) is 11.3 Å². The van der Waals surface area contributed by atoms with Gasteiger partial charge in [-0.3, -0.25) is 4.57 Å². The molecule has 0 aliphatic rings. The molecule has 0 atom stereocenters. The molecule has 1 amide bonds. The van der Waals surface area contributed by atoms with E-state index in [1.165, 1.54) is 22.2 Å². The van der Waals surface area contributed by atoms with Gasteiger partial charge < -0.3 is 10.5 Å². The van der Waals surface area contributed by atoms with Crippen molar-refractivity contribution < 1.29 is 13.9 Å². The van der Waals surface area contributed by atoms with E-state index < -0.39 is 6.09 Å². The van der Waals surface area contributed by atoms with Crippen molar-refractivity contribution in [3.8, 4) is 0 Å². The number of primary amides is 1. The van der Waals surface area contributed by atoms with Gasteiger partial charge in [-0.2, -0.15) is 5.10 Å². The van der Waals surface area contributed by atoms with Gasteiger partial charge in [0.1, 0.15) is 12.9 Å². The molecule has 118 valence electrons. The predicted molar refractivity (Wildman–Crippen MR) is 82.3 cm³/mol. The largest absolute Gasteiger partial charge is 0.445 e. The van der Waals surface area contributed by atoms with Crippen molar-refractivity contribution in [2.45, 2.75) is 13.1 Å². The number of aromatic nitrogens is 3. The highest BCUT2D eigenvalue weighted by Gasteiger charge is 2.10. The molecular formula is C12H12BrFN4O3S. The number of carbonyl (C=O) groups is 1. The molecule has 0 radical (unpaired) electrons. The fourth-order valence-electron chi connectivity index (χ4n) is 1.66. The van der Waals surface area contributed by atoms with E-state index in [0.29, 0.717) is 6.54 Å². The first-order valence-corrected chi connectivity index (χ1v) is 7.67. The van der Waals surface area contributed by atoms with E-state index in [1.807, 2.05) is 12.1 Å². The fourth-order valence-corrected chi connectivity index (χ4v) is 3.14. The Morgan fingerprint density at radius 3 is 2.91 bits per heavy atom. The topological polar surface area (TPSA) is 92.1 Å². The van der Waals surface area contributed by atoms with Crippen LogP contribution in [0, 0.1) is 0 Å². The molecule has 22 heavy (non-hydrogen) atoms. The maximum atomic E-state index is 12.7. The number of halogens is 2. The van der Waals surface area contributed by atoms with Gasteiger partial charge >= 0.3 is 11.8 Å². The SMILES string of the molecule is NC(=O)OC/C(=C\F)Cn1ncn(Cc2ccc(Br)s2)c1=O. The summed E-state index contributed by atoms with van der Waals surface area (Å²) in [5, 5.41) is 3.91. The summed E-state index contributed by atoms with van der Waals surface area (Å²) < 4.78 is 20.7. The van der Waals surface area contributed by atoms with Gasteiger partial charge in [-0.1, -0.05) is 0 Å². The molecule has 2 N–H and O–H groups in total. The van der Waals surface area contributed by atoms with Crippen molar-refractivity contribution in [1.29, 1.82) is 0 Å². The lowest BCUT2D eigenvalue weighted by Gasteiger charge is -2.05. The highest BCUT2D eigenvalue weighted by molar-refractivity contribution is 9.11. The van der Waals surface area contributed by atoms with E-state index in [1.54, 1.807) is 0 Å². The zero-order valence-electron chi connectivity index (χ0n) is 11.2. The van der Waals surface area contributed by atoms with Gasteiger partial charge in [0.2, 0.25) is 0 Å². The van der Waals surface area contributed by atoms with E-state index in [0.717, 1.165) is 13.3 Å². The maximum absolute atomic E-state index is 12.7. The maximum Gasteiger partial charge on any atom is 0.404 e. The van der Waals surface area contributed by atoms with E-state index in [9.17, 15) is 14.0 Å². The van der Waals surface area contributed by atoms with Gasteiger partial charge in [0, 0.05) is 10.5 Å². The van der Waals surface area contributed by atoms with Crippen LogP contribution in [0.25, 0.3) is 0 Å². The third kappa shape index (κ3) is 4.28. The summed E-state index contributed by atoms with van der Waals surface area (Å²) >= 11 is 4.86. The Morgan fingerprint density at radius 1 is 1.55 bits per heavy atom. The van der Waals surface area contributed by atoms with Gasteiger partial charge in [-0.05, 0) is 28.1 Å². The molecule has 0 aliphatic carbocycles. The second kappa shape index (κ2) is 7.36. The van der Waals surface area contributed by atoms with Gasteiger partial charge in [0.05, 0.1) is 23.2 Å². The molecule has 2 aromatic rings. The molecule has 0 aliphatic heterocycles. The van der Waals surface area contributed by atoms with Crippen LogP contribution in [0.4, 0.5) is 9.18 Å². The normalized spacial score (nSPS) is 11.6. The zero-order valence-corrected chi connectivity index (χ0v) is 13.6. The Morgan fingerprint density at radius 2 is 2.32 bits per heavy atom. The molecule has 0 bridgehead atoms. The van der Waals surface area contributed by atoms with Crippen LogP contribution in [0.5, 0.6) is 0 Å². The third-order valence-corrected chi connectivity index (χ3v) is 4.27. The first-order chi connectivity index (χ1) is 10.5. The van der Waals surface area contributed by atoms with Crippen LogP contribution >= 0.6 is 27.3 Å². The minimum Gasteiger partial charge on any atom is -0.445 e. The lowest BCUT2D eigenvalue weighted by atomic mass is 10.3. The Kier molecular flexibility index (Phi) is 5.50. The summed E-state index contributed by atoms with van der Waals surface area (Å²) in [5.41, 5.74) is 4.50. The first-order valence-electron chi connectivity index (χ1n) is 6.06. The summed E-state index contributed by atoms with van der Waals surface area (Å²) in [5.74, 6) is 0. The Labute approximate surface area is 136 Å². The number of rotatable bonds is 6. The van der Waals surface area contributed by atoms with Gasteiger partial charge in [0.25, 0.3) is 0 Å². The predicted octanol–water partition coefficient (Wildman–Crippen LogP) is 1.87. The summed E-state index contributed by atoms with van der Waals surface area (Å²) in [6.07, 6.45) is 0.631. The molecule has 0 fully saturated rings. The molecule has 2 heterocycles. The Hall–Kier alpha value is -1.94. The van der Waals surface area contributed by atoms with Crippen molar-refractivity contribution in [3.05, 3.63) is 49.5 Å². The van der Waals surface area contributed by atoms with Gasteiger partial charge in [-0.25, -0.2) is 18.7 Å². The zero-order chi connectivity index (χ0) is 16.1. The minimum atomic E-state index is -1.01. The molecule has 10 heteroatoms. The smallest absolute Gasteiger partial charge is 0.404 e. The molecular weight excluding hydrogens is 379 g/mol. The molecule has 7 nitrogen and oxygen atoms in total. The molecule has 2 rings (SSSR count). The number of carbonyl (C=O) groups excluding carboxylic acids is 1. The van der Waals surface area contributed by atoms with E-state index >= 15 is 0 Å². The van der Waals surface area contributed by atoms with E-state index in [4.69, 9.17) is 5.73 Å². The molecule has 0 saturated heterocycles. The first kappa shape index (κ1) is 16.4. The van der Waals surface area contributed by atoms with Crippen molar-refractivity contribution >= 4 is 33.4 Å². The average Bonchev–Trinajstić information content (AvgIpc) is 3.03. The molecule has 0 aromatic carbocycles. The summed E-state index contributed by atoms with van der Waals surface area (Å²) in [7, 11) is 0. The minimum absolute atomic E-state index is 0.0741. The summed E-state index contributed by atoms with van der Waals surface area (Å²) in [6.45, 7) is -0.0751. The number of amides is 1. The lowest BCUT2D eigenvalue weighted by molar-refractivity contribution is 0.164. The number of nitrogens with two attached hydrogens (primary N) is 1. The van der Waals surface area contributed by atoms with Crippen LogP contribution in [0.1, 0.15) is 4.88 Å². The number of hydrogen-bond donors (Lipinski definition) is 1. The summed E-state index contributed by atoms with van der Waals surface area (Å²) in [4.78, 5) is 23.6. The Balaban J connectivity index is 2.07. The van der Waals surface area contributed by atoms with Crippen LogP contribution in [-0.4, -0.2) is 27.0 Å². The number of ether oxygens (including phenoxy) is 1. The van der Waals surface area contributed by atoms with Crippen molar-refractivity contribution in [1.82, 2.24) is 14.3 Å². The quantitative estimate of drug-likeness (QED) is 0.814. The standard InChI is InChI=1S/C12H12BrFN4O3S/c13-10-2-1-9(22-10)5-17-7-16-18(12(17)20)4-8(3-14)6-21-11(15)19/h1-3,7H,4-6H2,(H2,15,19)/b8-3-. The summed E-state index contributed by atoms with van der Waals surface area (Å²) in [6, 6.07) is 3.78. The number of nitrogens with zero attached hydrogens (tertiary/aromatic N) is 3. The highest BCUT2D eigenvalue weighted by Crippen LogP contribution is 2.22. The van der Waals surface area contributed by atoms with Crippen LogP contribution in [0.2, 0.25) is 0 Å². The van der Waals surface area contributed by atoms with Crippen LogP contribution in [0.15, 0.2) is 38.9 Å². The van der Waals surface area contributed by atoms with Crippen molar-refractivity contribution in [3.63, 3.8) is 0 Å². The van der Waals surface area contributed by atoms with Crippen molar-refractivity contribution in [2.24, 2.45) is 5.73 Å². The number of hydrogen-bond acceptors (Lipinski definition) is 5. The van der Waals surface area contributed by atoms with Gasteiger partial charge in [0.15, 0.2) is 0 Å². The van der Waals surface area contributed by atoms with Crippen molar-refractivity contribution in [2.75, 3.05) is 6.61 Å². The average molecular weight is 391 g/mol. The van der Waals surface area contributed by atoms with Crippen LogP contribution in [-0.2, 0) is 17.8 Å². The second-order valence-corrected chi connectivity index (χ2v) is 6.83. The van der Waals surface area contributed by atoms with E-state index in [-0.39, 0.29) is 30.7 Å². The molecule has 0 spiro atoms. The number of thiophene rings is 1.